The molecule has 1 amide bonds. The van der Waals surface area contributed by atoms with Crippen LogP contribution in [-0.2, 0) is 17.8 Å². The molecule has 1 aromatic heterocycles. The zero-order valence-electron chi connectivity index (χ0n) is 13.7. The first-order valence-corrected chi connectivity index (χ1v) is 8.28. The van der Waals surface area contributed by atoms with Gasteiger partial charge in [-0.1, -0.05) is 18.2 Å². The number of carbonyl (C=O) groups excluding carboxylic acids is 1. The highest BCUT2D eigenvalue weighted by molar-refractivity contribution is 5.92. The lowest BCUT2D eigenvalue weighted by molar-refractivity contribution is -0.125. The van der Waals surface area contributed by atoms with Gasteiger partial charge in [-0.3, -0.25) is 9.59 Å². The van der Waals surface area contributed by atoms with Gasteiger partial charge in [0.2, 0.25) is 5.91 Å². The molecule has 4 heteroatoms. The Morgan fingerprint density at radius 2 is 2.09 bits per heavy atom. The third kappa shape index (κ3) is 2.81. The Morgan fingerprint density at radius 1 is 1.30 bits per heavy atom. The highest BCUT2D eigenvalue weighted by atomic mass is 16.2. The second kappa shape index (κ2) is 6.41. The molecule has 4 nitrogen and oxygen atoms in total. The molecule has 3 rings (SSSR count). The van der Waals surface area contributed by atoms with Gasteiger partial charge >= 0.3 is 0 Å². The van der Waals surface area contributed by atoms with Crippen LogP contribution in [0.25, 0.3) is 17.0 Å². The highest BCUT2D eigenvalue weighted by Gasteiger charge is 2.15. The number of aromatic nitrogens is 1. The van der Waals surface area contributed by atoms with Crippen LogP contribution in [0.15, 0.2) is 35.1 Å². The van der Waals surface area contributed by atoms with Crippen LogP contribution in [0, 0.1) is 0 Å². The normalized spacial score (nSPS) is 13.7. The van der Waals surface area contributed by atoms with Gasteiger partial charge < -0.3 is 9.47 Å². The van der Waals surface area contributed by atoms with E-state index in [-0.39, 0.29) is 11.5 Å². The van der Waals surface area contributed by atoms with E-state index in [0.29, 0.717) is 18.7 Å². The average Bonchev–Trinajstić information content (AvgIpc) is 2.58. The van der Waals surface area contributed by atoms with E-state index in [1.54, 1.807) is 11.0 Å². The standard InChI is InChI=1S/C19H22N2O2/c1-3-20(4-2)17(22)11-10-16-13-15-8-5-7-14-9-6-12-21(18(14)15)19(16)23/h5,7-8,10-11,13H,3-4,6,9,12H2,1-2H3/b11-10+. The quantitative estimate of drug-likeness (QED) is 0.815. The van der Waals surface area contributed by atoms with Crippen LogP contribution in [0.2, 0.25) is 0 Å². The molecule has 1 aliphatic rings. The van der Waals surface area contributed by atoms with E-state index in [4.69, 9.17) is 0 Å². The first-order chi connectivity index (χ1) is 11.2. The molecule has 2 aromatic rings. The maximum absolute atomic E-state index is 12.7. The van der Waals surface area contributed by atoms with Crippen LogP contribution in [0.3, 0.4) is 0 Å². The molecule has 0 atom stereocenters. The maximum atomic E-state index is 12.7. The Morgan fingerprint density at radius 3 is 2.83 bits per heavy atom. The van der Waals surface area contributed by atoms with Crippen molar-refractivity contribution in [3.8, 4) is 0 Å². The van der Waals surface area contributed by atoms with Crippen molar-refractivity contribution in [2.24, 2.45) is 0 Å². The van der Waals surface area contributed by atoms with Crippen molar-refractivity contribution in [2.45, 2.75) is 33.2 Å². The van der Waals surface area contributed by atoms with Gasteiger partial charge in [-0.2, -0.15) is 0 Å². The second-order valence-corrected chi connectivity index (χ2v) is 5.86. The fraction of sp³-hybridized carbons (Fsp3) is 0.368. The summed E-state index contributed by atoms with van der Waals surface area (Å²) in [5.41, 5.74) is 2.86. The van der Waals surface area contributed by atoms with Gasteiger partial charge in [0.15, 0.2) is 0 Å². The summed E-state index contributed by atoms with van der Waals surface area (Å²) < 4.78 is 1.86. The molecule has 0 saturated carbocycles. The van der Waals surface area contributed by atoms with E-state index in [1.807, 2.05) is 36.6 Å². The van der Waals surface area contributed by atoms with Crippen molar-refractivity contribution in [3.63, 3.8) is 0 Å². The first kappa shape index (κ1) is 15.5. The fourth-order valence-electron chi connectivity index (χ4n) is 3.31. The predicted octanol–water partition coefficient (Wildman–Crippen LogP) is 2.83. The molecule has 23 heavy (non-hydrogen) atoms. The highest BCUT2D eigenvalue weighted by Crippen LogP contribution is 2.24. The molecule has 120 valence electrons. The Bertz CT molecular complexity index is 829. The SMILES string of the molecule is CCN(CC)C(=O)/C=C/c1cc2cccc3c2n(c1=O)CCC3. The lowest BCUT2D eigenvalue weighted by atomic mass is 10.00. The lowest BCUT2D eigenvalue weighted by Crippen LogP contribution is -2.29. The fourth-order valence-corrected chi connectivity index (χ4v) is 3.31. The zero-order chi connectivity index (χ0) is 16.4. The summed E-state index contributed by atoms with van der Waals surface area (Å²) in [7, 11) is 0. The van der Waals surface area contributed by atoms with Gasteiger partial charge in [0.05, 0.1) is 5.52 Å². The average molecular weight is 310 g/mol. The number of hydrogen-bond acceptors (Lipinski definition) is 2. The minimum atomic E-state index is -0.0538. The number of para-hydroxylation sites is 1. The van der Waals surface area contributed by atoms with E-state index in [1.165, 1.54) is 11.6 Å². The Kier molecular flexibility index (Phi) is 4.33. The molecule has 0 radical (unpaired) electrons. The van der Waals surface area contributed by atoms with Gasteiger partial charge in [0, 0.05) is 31.3 Å². The number of nitrogens with zero attached hydrogens (tertiary/aromatic N) is 2. The van der Waals surface area contributed by atoms with Crippen LogP contribution in [0.1, 0.15) is 31.4 Å². The molecule has 0 spiro atoms. The van der Waals surface area contributed by atoms with Crippen LogP contribution in [-0.4, -0.2) is 28.5 Å². The predicted molar refractivity (Wildman–Crippen MR) is 93.5 cm³/mol. The third-order valence-corrected chi connectivity index (χ3v) is 4.53. The van der Waals surface area contributed by atoms with Crippen molar-refractivity contribution >= 4 is 22.9 Å². The molecular weight excluding hydrogens is 288 g/mol. The molecule has 0 aliphatic carbocycles. The van der Waals surface area contributed by atoms with Crippen molar-refractivity contribution in [1.82, 2.24) is 9.47 Å². The van der Waals surface area contributed by atoms with Crippen LogP contribution < -0.4 is 5.56 Å². The van der Waals surface area contributed by atoms with Gasteiger partial charge in [-0.15, -0.1) is 0 Å². The van der Waals surface area contributed by atoms with E-state index in [0.717, 1.165) is 30.3 Å². The van der Waals surface area contributed by atoms with E-state index in [9.17, 15) is 9.59 Å². The molecule has 0 N–H and O–H groups in total. The minimum absolute atomic E-state index is 0.00625. The zero-order valence-corrected chi connectivity index (χ0v) is 13.7. The lowest BCUT2D eigenvalue weighted by Gasteiger charge is -2.20. The van der Waals surface area contributed by atoms with E-state index >= 15 is 0 Å². The Hall–Kier alpha value is -2.36. The smallest absolute Gasteiger partial charge is 0.258 e. The molecule has 0 bridgehead atoms. The van der Waals surface area contributed by atoms with Crippen molar-refractivity contribution in [1.29, 1.82) is 0 Å². The Labute approximate surface area is 136 Å². The van der Waals surface area contributed by atoms with Crippen molar-refractivity contribution in [2.75, 3.05) is 13.1 Å². The molecule has 0 fully saturated rings. The van der Waals surface area contributed by atoms with Gasteiger partial charge in [0.1, 0.15) is 0 Å². The molecular formula is C19H22N2O2. The summed E-state index contributed by atoms with van der Waals surface area (Å²) in [6.45, 7) is 5.99. The second-order valence-electron chi connectivity index (χ2n) is 5.86. The summed E-state index contributed by atoms with van der Waals surface area (Å²) in [5, 5.41) is 1.07. The number of benzene rings is 1. The van der Waals surface area contributed by atoms with Crippen LogP contribution in [0.4, 0.5) is 0 Å². The Balaban J connectivity index is 2.05. The minimum Gasteiger partial charge on any atom is -0.340 e. The van der Waals surface area contributed by atoms with E-state index < -0.39 is 0 Å². The third-order valence-electron chi connectivity index (χ3n) is 4.53. The molecule has 0 unspecified atom stereocenters. The summed E-state index contributed by atoms with van der Waals surface area (Å²) in [4.78, 5) is 26.5. The van der Waals surface area contributed by atoms with Gasteiger partial charge in [-0.25, -0.2) is 0 Å². The molecule has 1 aliphatic heterocycles. The van der Waals surface area contributed by atoms with Crippen LogP contribution >= 0.6 is 0 Å². The van der Waals surface area contributed by atoms with Gasteiger partial charge in [-0.05, 0) is 49.8 Å². The molecule has 1 aromatic carbocycles. The first-order valence-electron chi connectivity index (χ1n) is 8.28. The van der Waals surface area contributed by atoms with Gasteiger partial charge in [0.25, 0.3) is 5.56 Å². The van der Waals surface area contributed by atoms with E-state index in [2.05, 4.69) is 6.07 Å². The number of carbonyl (C=O) groups is 1. The van der Waals surface area contributed by atoms with Crippen LogP contribution in [0.5, 0.6) is 0 Å². The number of pyridine rings is 1. The number of aryl methyl sites for hydroxylation is 2. The molecule has 0 saturated heterocycles. The number of amides is 1. The summed E-state index contributed by atoms with van der Waals surface area (Å²) >= 11 is 0. The van der Waals surface area contributed by atoms with Crippen molar-refractivity contribution in [3.05, 3.63) is 51.8 Å². The molecule has 2 heterocycles. The number of hydrogen-bond donors (Lipinski definition) is 0. The maximum Gasteiger partial charge on any atom is 0.258 e. The topological polar surface area (TPSA) is 42.3 Å². The number of rotatable bonds is 4. The number of likely N-dealkylation sites (N-methyl/N-ethyl adjacent to an activating group) is 1. The monoisotopic (exact) mass is 310 g/mol. The summed E-state index contributed by atoms with van der Waals surface area (Å²) in [6, 6.07) is 8.06. The largest absolute Gasteiger partial charge is 0.340 e. The van der Waals surface area contributed by atoms with Crippen molar-refractivity contribution < 1.29 is 4.79 Å². The summed E-state index contributed by atoms with van der Waals surface area (Å²) in [5.74, 6) is -0.0538. The summed E-state index contributed by atoms with van der Waals surface area (Å²) in [6.07, 6.45) is 5.17.